The number of carbonyl (C=O) groups excluding carboxylic acids is 2. The fraction of sp³-hybridized carbons (Fsp3) is 0.652. The van der Waals surface area contributed by atoms with E-state index in [0.29, 0.717) is 30.7 Å². The molecule has 168 valence electrons. The summed E-state index contributed by atoms with van der Waals surface area (Å²) in [5, 5.41) is 3.24. The molecule has 2 aromatic heterocycles. The normalized spacial score (nSPS) is 20.2. The Morgan fingerprint density at radius 2 is 1.97 bits per heavy atom. The maximum absolute atomic E-state index is 13.3. The minimum Gasteiger partial charge on any atom is -0.337 e. The molecule has 31 heavy (non-hydrogen) atoms. The van der Waals surface area contributed by atoms with Gasteiger partial charge >= 0.3 is 0 Å². The monoisotopic (exact) mass is 427 g/mol. The van der Waals surface area contributed by atoms with Crippen LogP contribution < -0.4 is 5.56 Å². The van der Waals surface area contributed by atoms with Crippen molar-refractivity contribution in [2.75, 3.05) is 13.1 Å². The number of hydrogen-bond acceptors (Lipinski definition) is 4. The maximum Gasteiger partial charge on any atom is 0.277 e. The SMILES string of the molecule is CC[C@H](C)C(=O)N1CCCC[C@H]1c1cc2nc3c(c(=O)n2[nH]1)CN(C(=O)C(C)C)CC3. The molecule has 4 heterocycles. The Bertz CT molecular complexity index is 1050. The second-order valence-corrected chi connectivity index (χ2v) is 9.26. The van der Waals surface area contributed by atoms with Gasteiger partial charge in [0.2, 0.25) is 11.8 Å². The van der Waals surface area contributed by atoms with E-state index in [1.54, 1.807) is 4.90 Å². The van der Waals surface area contributed by atoms with Gasteiger partial charge in [-0.25, -0.2) is 9.50 Å². The highest BCUT2D eigenvalue weighted by Crippen LogP contribution is 2.32. The van der Waals surface area contributed by atoms with E-state index in [-0.39, 0.29) is 35.3 Å². The van der Waals surface area contributed by atoms with Crippen LogP contribution in [0.4, 0.5) is 0 Å². The van der Waals surface area contributed by atoms with Gasteiger partial charge in [0.05, 0.1) is 29.5 Å². The van der Waals surface area contributed by atoms with Crippen LogP contribution in [0.25, 0.3) is 5.65 Å². The highest BCUT2D eigenvalue weighted by molar-refractivity contribution is 5.79. The van der Waals surface area contributed by atoms with Gasteiger partial charge in [-0.2, -0.15) is 0 Å². The molecule has 1 saturated heterocycles. The van der Waals surface area contributed by atoms with Gasteiger partial charge < -0.3 is 9.80 Å². The molecule has 8 nitrogen and oxygen atoms in total. The van der Waals surface area contributed by atoms with E-state index in [2.05, 4.69) is 5.10 Å². The minimum absolute atomic E-state index is 0.0115. The Kier molecular flexibility index (Phi) is 5.90. The molecule has 2 aliphatic rings. The van der Waals surface area contributed by atoms with Crippen molar-refractivity contribution in [1.29, 1.82) is 0 Å². The number of likely N-dealkylation sites (tertiary alicyclic amines) is 1. The molecule has 2 amide bonds. The first-order valence-corrected chi connectivity index (χ1v) is 11.5. The summed E-state index contributed by atoms with van der Waals surface area (Å²) in [4.78, 5) is 47.1. The Morgan fingerprint density at radius 1 is 1.19 bits per heavy atom. The second-order valence-electron chi connectivity index (χ2n) is 9.26. The van der Waals surface area contributed by atoms with Crippen molar-refractivity contribution in [3.8, 4) is 0 Å². The van der Waals surface area contributed by atoms with Crippen LogP contribution >= 0.6 is 0 Å². The highest BCUT2D eigenvalue weighted by Gasteiger charge is 2.32. The van der Waals surface area contributed by atoms with Crippen LogP contribution in [0.1, 0.15) is 76.4 Å². The minimum atomic E-state index is -0.150. The van der Waals surface area contributed by atoms with Crippen LogP contribution in [0.2, 0.25) is 0 Å². The number of amides is 2. The quantitative estimate of drug-likeness (QED) is 0.812. The number of carbonyl (C=O) groups is 2. The lowest BCUT2D eigenvalue weighted by molar-refractivity contribution is -0.139. The number of aromatic amines is 1. The van der Waals surface area contributed by atoms with Gasteiger partial charge in [-0.05, 0) is 25.7 Å². The van der Waals surface area contributed by atoms with Gasteiger partial charge in [0.1, 0.15) is 0 Å². The van der Waals surface area contributed by atoms with E-state index in [0.717, 1.165) is 43.6 Å². The lowest BCUT2D eigenvalue weighted by atomic mass is 9.96. The molecule has 2 aromatic rings. The number of rotatable bonds is 4. The van der Waals surface area contributed by atoms with E-state index in [1.165, 1.54) is 4.52 Å². The van der Waals surface area contributed by atoms with Crippen molar-refractivity contribution in [1.82, 2.24) is 24.4 Å². The number of nitrogens with zero attached hydrogens (tertiary/aromatic N) is 4. The van der Waals surface area contributed by atoms with Crippen molar-refractivity contribution >= 4 is 17.5 Å². The molecule has 0 saturated carbocycles. The average molecular weight is 428 g/mol. The fourth-order valence-electron chi connectivity index (χ4n) is 4.70. The second kappa shape index (κ2) is 8.48. The molecule has 0 bridgehead atoms. The van der Waals surface area contributed by atoms with Gasteiger partial charge in [0.25, 0.3) is 5.56 Å². The molecular formula is C23H33N5O3. The molecule has 0 aromatic carbocycles. The first-order valence-electron chi connectivity index (χ1n) is 11.5. The topological polar surface area (TPSA) is 90.8 Å². The molecule has 2 aliphatic heterocycles. The van der Waals surface area contributed by atoms with Crippen LogP contribution in [0.3, 0.4) is 0 Å². The van der Waals surface area contributed by atoms with Crippen molar-refractivity contribution in [3.63, 3.8) is 0 Å². The van der Waals surface area contributed by atoms with E-state index < -0.39 is 0 Å². The average Bonchev–Trinajstić information content (AvgIpc) is 3.21. The largest absolute Gasteiger partial charge is 0.337 e. The Morgan fingerprint density at radius 3 is 2.68 bits per heavy atom. The molecule has 0 radical (unpaired) electrons. The van der Waals surface area contributed by atoms with E-state index in [4.69, 9.17) is 4.98 Å². The van der Waals surface area contributed by atoms with E-state index in [9.17, 15) is 14.4 Å². The molecule has 1 N–H and O–H groups in total. The predicted octanol–water partition coefficient (Wildman–Crippen LogP) is 2.66. The van der Waals surface area contributed by atoms with Crippen molar-refractivity contribution in [3.05, 3.63) is 33.4 Å². The highest BCUT2D eigenvalue weighted by atomic mass is 16.2. The smallest absolute Gasteiger partial charge is 0.277 e. The summed E-state index contributed by atoms with van der Waals surface area (Å²) in [6, 6.07) is 1.85. The van der Waals surface area contributed by atoms with Gasteiger partial charge in [-0.3, -0.25) is 19.5 Å². The van der Waals surface area contributed by atoms with Crippen molar-refractivity contribution < 1.29 is 9.59 Å². The summed E-state index contributed by atoms with van der Waals surface area (Å²) < 4.78 is 1.48. The molecule has 2 atom stereocenters. The zero-order valence-electron chi connectivity index (χ0n) is 19.0. The Labute approximate surface area is 182 Å². The maximum atomic E-state index is 13.3. The van der Waals surface area contributed by atoms with Gasteiger partial charge in [-0.1, -0.05) is 27.7 Å². The molecule has 0 aliphatic carbocycles. The molecule has 4 rings (SSSR count). The van der Waals surface area contributed by atoms with Gasteiger partial charge in [0, 0.05) is 37.4 Å². The van der Waals surface area contributed by atoms with E-state index >= 15 is 0 Å². The summed E-state index contributed by atoms with van der Waals surface area (Å²) >= 11 is 0. The van der Waals surface area contributed by atoms with Crippen LogP contribution in [-0.4, -0.2) is 49.3 Å². The zero-order valence-corrected chi connectivity index (χ0v) is 19.0. The Hall–Kier alpha value is -2.64. The first kappa shape index (κ1) is 21.6. The summed E-state index contributed by atoms with van der Waals surface area (Å²) in [5.74, 6) is 0.123. The van der Waals surface area contributed by atoms with Crippen molar-refractivity contribution in [2.24, 2.45) is 11.8 Å². The number of piperidine rings is 1. The Balaban J connectivity index is 1.69. The summed E-state index contributed by atoms with van der Waals surface area (Å²) in [6.45, 7) is 9.39. The van der Waals surface area contributed by atoms with Crippen LogP contribution in [0.5, 0.6) is 0 Å². The van der Waals surface area contributed by atoms with Gasteiger partial charge in [0.15, 0.2) is 5.65 Å². The van der Waals surface area contributed by atoms with Gasteiger partial charge in [-0.15, -0.1) is 0 Å². The number of hydrogen-bond donors (Lipinski definition) is 1. The molecular weight excluding hydrogens is 394 g/mol. The third-order valence-electron chi connectivity index (χ3n) is 6.77. The molecule has 1 fully saturated rings. The number of fused-ring (bicyclic) bond motifs is 2. The third-order valence-corrected chi connectivity index (χ3v) is 6.77. The third kappa shape index (κ3) is 3.88. The van der Waals surface area contributed by atoms with Crippen LogP contribution in [0, 0.1) is 11.8 Å². The number of aromatic nitrogens is 3. The number of H-pyrrole nitrogens is 1. The predicted molar refractivity (Wildman–Crippen MR) is 118 cm³/mol. The number of nitrogens with one attached hydrogen (secondary N) is 1. The summed E-state index contributed by atoms with van der Waals surface area (Å²) in [7, 11) is 0. The summed E-state index contributed by atoms with van der Waals surface area (Å²) in [6.07, 6.45) is 4.33. The van der Waals surface area contributed by atoms with Crippen LogP contribution in [0.15, 0.2) is 10.9 Å². The summed E-state index contributed by atoms with van der Waals surface area (Å²) in [5.41, 5.74) is 2.66. The van der Waals surface area contributed by atoms with Crippen LogP contribution in [-0.2, 0) is 22.6 Å². The zero-order chi connectivity index (χ0) is 22.3. The fourth-order valence-corrected chi connectivity index (χ4v) is 4.70. The van der Waals surface area contributed by atoms with Crippen molar-refractivity contribution in [2.45, 2.75) is 72.4 Å². The molecule has 0 unspecified atom stereocenters. The standard InChI is InChI=1S/C23H33N5O3/c1-5-15(4)22(30)27-10-7-6-8-19(27)18-12-20-24-17-9-11-26(21(29)14(2)3)13-16(17)23(31)28(20)25-18/h12,14-15,19,25H,5-11,13H2,1-4H3/t15-,19-/m0/s1. The first-order chi connectivity index (χ1) is 14.8. The molecule has 8 heteroatoms. The lowest BCUT2D eigenvalue weighted by Gasteiger charge is -2.36. The lowest BCUT2D eigenvalue weighted by Crippen LogP contribution is -2.42. The molecule has 0 spiro atoms. The van der Waals surface area contributed by atoms with E-state index in [1.807, 2.05) is 38.7 Å².